The summed E-state index contributed by atoms with van der Waals surface area (Å²) in [5.74, 6) is 0.620. The van der Waals surface area contributed by atoms with Crippen molar-refractivity contribution in [2.24, 2.45) is 0 Å². The largest absolute Gasteiger partial charge is 0.487 e. The lowest BCUT2D eigenvalue weighted by atomic mass is 10.1. The van der Waals surface area contributed by atoms with Gasteiger partial charge in [0.2, 0.25) is 0 Å². The van der Waals surface area contributed by atoms with E-state index in [1.807, 2.05) is 18.2 Å². The average molecular weight is 248 g/mol. The number of nitrogen functional groups attached to an aromatic ring is 1. The van der Waals surface area contributed by atoms with E-state index in [1.54, 1.807) is 18.2 Å². The van der Waals surface area contributed by atoms with Gasteiger partial charge in [0.05, 0.1) is 5.02 Å². The molecule has 0 aliphatic carbocycles. The summed E-state index contributed by atoms with van der Waals surface area (Å²) in [5.41, 5.74) is 8.68. The molecule has 0 aromatic heterocycles. The zero-order valence-electron chi connectivity index (χ0n) is 9.61. The van der Waals surface area contributed by atoms with Crippen molar-refractivity contribution in [2.75, 3.05) is 5.73 Å². The van der Waals surface area contributed by atoms with Gasteiger partial charge in [-0.2, -0.15) is 0 Å². The highest BCUT2D eigenvalue weighted by molar-refractivity contribution is 6.32. The van der Waals surface area contributed by atoms with E-state index in [0.29, 0.717) is 23.1 Å². The minimum Gasteiger partial charge on any atom is -0.487 e. The molecule has 3 heteroatoms. The summed E-state index contributed by atoms with van der Waals surface area (Å²) in [7, 11) is 0. The molecule has 2 N–H and O–H groups in total. The van der Waals surface area contributed by atoms with Crippen LogP contribution in [0, 0.1) is 6.92 Å². The fraction of sp³-hybridized carbons (Fsp3) is 0.143. The van der Waals surface area contributed by atoms with Gasteiger partial charge in [-0.25, -0.2) is 0 Å². The molecule has 2 rings (SSSR count). The van der Waals surface area contributed by atoms with E-state index in [-0.39, 0.29) is 0 Å². The molecule has 0 aliphatic rings. The Kier molecular flexibility index (Phi) is 3.55. The topological polar surface area (TPSA) is 35.2 Å². The van der Waals surface area contributed by atoms with E-state index < -0.39 is 0 Å². The number of rotatable bonds is 3. The van der Waals surface area contributed by atoms with E-state index in [1.165, 1.54) is 5.56 Å². The smallest absolute Gasteiger partial charge is 0.140 e. The van der Waals surface area contributed by atoms with Crippen LogP contribution in [0.3, 0.4) is 0 Å². The Bertz CT molecular complexity index is 525. The van der Waals surface area contributed by atoms with Gasteiger partial charge < -0.3 is 10.5 Å². The van der Waals surface area contributed by atoms with Crippen LogP contribution in [0.4, 0.5) is 5.69 Å². The van der Waals surface area contributed by atoms with Crippen molar-refractivity contribution in [1.29, 1.82) is 0 Å². The molecule has 0 spiro atoms. The highest BCUT2D eigenvalue weighted by Gasteiger charge is 2.03. The molecule has 0 heterocycles. The second-order valence-electron chi connectivity index (χ2n) is 3.91. The molecule has 17 heavy (non-hydrogen) atoms. The normalized spacial score (nSPS) is 10.2. The number of benzene rings is 2. The van der Waals surface area contributed by atoms with Crippen molar-refractivity contribution in [3.05, 3.63) is 58.6 Å². The molecule has 0 aliphatic heterocycles. The van der Waals surface area contributed by atoms with Crippen molar-refractivity contribution in [2.45, 2.75) is 13.5 Å². The molecular weight excluding hydrogens is 234 g/mol. The minimum atomic E-state index is 0.496. The van der Waals surface area contributed by atoms with Crippen LogP contribution in [0.15, 0.2) is 42.5 Å². The first-order valence-electron chi connectivity index (χ1n) is 5.39. The molecule has 2 nitrogen and oxygen atoms in total. The quantitative estimate of drug-likeness (QED) is 0.837. The van der Waals surface area contributed by atoms with Crippen LogP contribution in [-0.2, 0) is 6.61 Å². The Balaban J connectivity index is 2.12. The fourth-order valence-electron chi connectivity index (χ4n) is 1.56. The fourth-order valence-corrected chi connectivity index (χ4v) is 1.73. The highest BCUT2D eigenvalue weighted by atomic mass is 35.5. The van der Waals surface area contributed by atoms with E-state index in [4.69, 9.17) is 22.1 Å². The van der Waals surface area contributed by atoms with Crippen LogP contribution in [-0.4, -0.2) is 0 Å². The number of hydrogen-bond acceptors (Lipinski definition) is 2. The van der Waals surface area contributed by atoms with Crippen molar-refractivity contribution in [3.8, 4) is 5.75 Å². The summed E-state index contributed by atoms with van der Waals surface area (Å²) in [6.07, 6.45) is 0. The molecule has 0 unspecified atom stereocenters. The van der Waals surface area contributed by atoms with Crippen molar-refractivity contribution < 1.29 is 4.74 Å². The summed E-state index contributed by atoms with van der Waals surface area (Å²) >= 11 is 6.02. The van der Waals surface area contributed by atoms with Crippen LogP contribution >= 0.6 is 11.6 Å². The standard InChI is InChI=1S/C14H14ClNO/c1-10-4-2-3-5-11(10)9-17-14-8-12(16)6-7-13(14)15/h2-8H,9,16H2,1H3. The molecule has 0 atom stereocenters. The summed E-state index contributed by atoms with van der Waals surface area (Å²) in [4.78, 5) is 0. The number of halogens is 1. The molecule has 2 aromatic carbocycles. The molecule has 0 amide bonds. The molecule has 0 saturated heterocycles. The van der Waals surface area contributed by atoms with Gasteiger partial charge in [-0.1, -0.05) is 35.9 Å². The third-order valence-corrected chi connectivity index (χ3v) is 2.91. The number of nitrogens with two attached hydrogens (primary N) is 1. The summed E-state index contributed by atoms with van der Waals surface area (Å²) < 4.78 is 5.67. The molecule has 0 fully saturated rings. The van der Waals surface area contributed by atoms with Gasteiger partial charge in [0.1, 0.15) is 12.4 Å². The SMILES string of the molecule is Cc1ccccc1COc1cc(N)ccc1Cl. The number of aryl methyl sites for hydroxylation is 1. The predicted molar refractivity (Wildman–Crippen MR) is 71.4 cm³/mol. The van der Waals surface area contributed by atoms with Crippen molar-refractivity contribution in [1.82, 2.24) is 0 Å². The maximum Gasteiger partial charge on any atom is 0.140 e. The van der Waals surface area contributed by atoms with Crippen molar-refractivity contribution in [3.63, 3.8) is 0 Å². The van der Waals surface area contributed by atoms with E-state index >= 15 is 0 Å². The molecule has 0 saturated carbocycles. The van der Waals surface area contributed by atoms with Gasteiger partial charge in [-0.3, -0.25) is 0 Å². The van der Waals surface area contributed by atoms with Gasteiger partial charge in [0.25, 0.3) is 0 Å². The van der Waals surface area contributed by atoms with Crippen LogP contribution in [0.1, 0.15) is 11.1 Å². The first kappa shape index (κ1) is 11.8. The monoisotopic (exact) mass is 247 g/mol. The maximum absolute atomic E-state index is 6.02. The summed E-state index contributed by atoms with van der Waals surface area (Å²) in [5, 5.41) is 0.577. The van der Waals surface area contributed by atoms with Crippen LogP contribution in [0.2, 0.25) is 5.02 Å². The minimum absolute atomic E-state index is 0.496. The van der Waals surface area contributed by atoms with Gasteiger partial charge in [0.15, 0.2) is 0 Å². The number of ether oxygens (including phenoxy) is 1. The zero-order chi connectivity index (χ0) is 12.3. The molecule has 2 aromatic rings. The Hall–Kier alpha value is -1.67. The molecule has 0 bridgehead atoms. The van der Waals surface area contributed by atoms with Gasteiger partial charge in [0, 0.05) is 11.8 Å². The lowest BCUT2D eigenvalue weighted by Gasteiger charge is -2.10. The Morgan fingerprint density at radius 3 is 2.71 bits per heavy atom. The number of hydrogen-bond donors (Lipinski definition) is 1. The van der Waals surface area contributed by atoms with Gasteiger partial charge in [-0.05, 0) is 30.2 Å². The summed E-state index contributed by atoms with van der Waals surface area (Å²) in [6.45, 7) is 2.55. The van der Waals surface area contributed by atoms with Crippen molar-refractivity contribution >= 4 is 17.3 Å². The third-order valence-electron chi connectivity index (χ3n) is 2.60. The van der Waals surface area contributed by atoms with E-state index in [9.17, 15) is 0 Å². The average Bonchev–Trinajstić information content (AvgIpc) is 2.32. The van der Waals surface area contributed by atoms with Gasteiger partial charge >= 0.3 is 0 Å². The second-order valence-corrected chi connectivity index (χ2v) is 4.31. The maximum atomic E-state index is 6.02. The van der Waals surface area contributed by atoms with Crippen LogP contribution in [0.25, 0.3) is 0 Å². The third kappa shape index (κ3) is 2.92. The van der Waals surface area contributed by atoms with E-state index in [2.05, 4.69) is 13.0 Å². The predicted octanol–water partition coefficient (Wildman–Crippen LogP) is 3.81. The lowest BCUT2D eigenvalue weighted by molar-refractivity contribution is 0.306. The Morgan fingerprint density at radius 1 is 1.18 bits per heavy atom. The molecular formula is C14H14ClNO. The Labute approximate surface area is 106 Å². The lowest BCUT2D eigenvalue weighted by Crippen LogP contribution is -1.98. The zero-order valence-corrected chi connectivity index (χ0v) is 10.4. The molecule has 88 valence electrons. The first-order chi connectivity index (χ1) is 8.16. The highest BCUT2D eigenvalue weighted by Crippen LogP contribution is 2.27. The van der Waals surface area contributed by atoms with Gasteiger partial charge in [-0.15, -0.1) is 0 Å². The summed E-state index contributed by atoms with van der Waals surface area (Å²) in [6, 6.07) is 13.3. The first-order valence-corrected chi connectivity index (χ1v) is 5.77. The Morgan fingerprint density at radius 2 is 1.94 bits per heavy atom. The van der Waals surface area contributed by atoms with Crippen LogP contribution in [0.5, 0.6) is 5.75 Å². The van der Waals surface area contributed by atoms with E-state index in [0.717, 1.165) is 5.56 Å². The van der Waals surface area contributed by atoms with Crippen LogP contribution < -0.4 is 10.5 Å². The second kappa shape index (κ2) is 5.11. The number of anilines is 1. The molecule has 0 radical (unpaired) electrons.